The molecule has 0 unspecified atom stereocenters. The maximum atomic E-state index is 11.9. The molecule has 0 heterocycles. The highest BCUT2D eigenvalue weighted by Gasteiger charge is 2.28. The van der Waals surface area contributed by atoms with Gasteiger partial charge in [-0.25, -0.2) is 12.7 Å². The summed E-state index contributed by atoms with van der Waals surface area (Å²) >= 11 is 0. The van der Waals surface area contributed by atoms with Crippen LogP contribution >= 0.6 is 0 Å². The molecule has 0 aromatic carbocycles. The van der Waals surface area contributed by atoms with Crippen LogP contribution in [0.3, 0.4) is 0 Å². The molecule has 2 N–H and O–H groups in total. The lowest BCUT2D eigenvalue weighted by Crippen LogP contribution is -2.43. The van der Waals surface area contributed by atoms with Crippen LogP contribution < -0.4 is 5.73 Å². The molecule has 6 heteroatoms. The van der Waals surface area contributed by atoms with Crippen LogP contribution in [0.2, 0.25) is 0 Å². The summed E-state index contributed by atoms with van der Waals surface area (Å²) in [6.45, 7) is 0.249. The third-order valence-electron chi connectivity index (χ3n) is 3.24. The standard InChI is InChI=1S/C10H22N2O3S/c1-12(16(13,14)8-7-15-2)10-5-3-9(11)4-6-10/h9-10H,3-8,11H2,1-2H3. The molecule has 1 saturated carbocycles. The van der Waals surface area contributed by atoms with Crippen LogP contribution in [0, 0.1) is 0 Å². The van der Waals surface area contributed by atoms with Crippen molar-refractivity contribution in [2.45, 2.75) is 37.8 Å². The number of methoxy groups -OCH3 is 1. The van der Waals surface area contributed by atoms with E-state index in [-0.39, 0.29) is 24.4 Å². The molecule has 5 nitrogen and oxygen atoms in total. The first-order valence-electron chi connectivity index (χ1n) is 5.67. The van der Waals surface area contributed by atoms with Crippen molar-refractivity contribution < 1.29 is 13.2 Å². The molecule has 96 valence electrons. The summed E-state index contributed by atoms with van der Waals surface area (Å²) in [6.07, 6.45) is 3.55. The van der Waals surface area contributed by atoms with Crippen LogP contribution in [0.4, 0.5) is 0 Å². The molecule has 0 amide bonds. The van der Waals surface area contributed by atoms with E-state index in [1.54, 1.807) is 7.05 Å². The van der Waals surface area contributed by atoms with Crippen molar-refractivity contribution in [3.63, 3.8) is 0 Å². The van der Waals surface area contributed by atoms with Crippen molar-refractivity contribution in [1.29, 1.82) is 0 Å². The third-order valence-corrected chi connectivity index (χ3v) is 5.10. The predicted octanol–water partition coefficient (Wildman–Crippen LogP) is 0.164. The van der Waals surface area contributed by atoms with Crippen molar-refractivity contribution in [1.82, 2.24) is 4.31 Å². The highest BCUT2D eigenvalue weighted by atomic mass is 32.2. The zero-order valence-corrected chi connectivity index (χ0v) is 10.9. The molecule has 0 atom stereocenters. The Hall–Kier alpha value is -0.170. The van der Waals surface area contributed by atoms with Crippen molar-refractivity contribution in [2.24, 2.45) is 5.73 Å². The smallest absolute Gasteiger partial charge is 0.216 e. The lowest BCUT2D eigenvalue weighted by molar-refractivity contribution is 0.213. The van der Waals surface area contributed by atoms with Gasteiger partial charge in [-0.15, -0.1) is 0 Å². The van der Waals surface area contributed by atoms with Crippen molar-refractivity contribution in [3.8, 4) is 0 Å². The van der Waals surface area contributed by atoms with Gasteiger partial charge in [0, 0.05) is 26.2 Å². The summed E-state index contributed by atoms with van der Waals surface area (Å²) in [5, 5.41) is 0. The Kier molecular flexibility index (Phi) is 5.17. The summed E-state index contributed by atoms with van der Waals surface area (Å²) < 4.78 is 30.1. The molecule has 0 aromatic heterocycles. The van der Waals surface area contributed by atoms with Crippen LogP contribution in [-0.2, 0) is 14.8 Å². The van der Waals surface area contributed by atoms with Crippen LogP contribution in [0.15, 0.2) is 0 Å². The van der Waals surface area contributed by atoms with Crippen molar-refractivity contribution in [3.05, 3.63) is 0 Å². The molecule has 1 fully saturated rings. The summed E-state index contributed by atoms with van der Waals surface area (Å²) in [6, 6.07) is 0.355. The minimum atomic E-state index is -3.17. The van der Waals surface area contributed by atoms with Crippen LogP contribution in [0.25, 0.3) is 0 Å². The molecule has 1 aliphatic rings. The van der Waals surface area contributed by atoms with E-state index in [0.717, 1.165) is 25.7 Å². The average molecular weight is 250 g/mol. The Balaban J connectivity index is 2.52. The second-order valence-corrected chi connectivity index (χ2v) is 6.54. The van der Waals surface area contributed by atoms with Gasteiger partial charge in [-0.2, -0.15) is 0 Å². The first kappa shape index (κ1) is 13.9. The molecule has 0 aromatic rings. The maximum absolute atomic E-state index is 11.9. The fourth-order valence-electron chi connectivity index (χ4n) is 2.02. The molecule has 0 aliphatic heterocycles. The molecule has 16 heavy (non-hydrogen) atoms. The monoisotopic (exact) mass is 250 g/mol. The van der Waals surface area contributed by atoms with E-state index in [4.69, 9.17) is 10.5 Å². The number of ether oxygens (including phenoxy) is 1. The van der Waals surface area contributed by atoms with Crippen LogP contribution in [0.1, 0.15) is 25.7 Å². The first-order chi connectivity index (χ1) is 7.47. The topological polar surface area (TPSA) is 72.6 Å². The van der Waals surface area contributed by atoms with E-state index in [0.29, 0.717) is 0 Å². The summed E-state index contributed by atoms with van der Waals surface area (Å²) in [7, 11) is -0.00372. The second-order valence-electron chi connectivity index (χ2n) is 4.39. The Labute approximate surface area is 98.0 Å². The number of hydrogen-bond donors (Lipinski definition) is 1. The molecular formula is C10H22N2O3S. The zero-order valence-electron chi connectivity index (χ0n) is 10.1. The van der Waals surface area contributed by atoms with E-state index in [1.165, 1.54) is 11.4 Å². The van der Waals surface area contributed by atoms with Gasteiger partial charge in [-0.1, -0.05) is 0 Å². The van der Waals surface area contributed by atoms with Crippen molar-refractivity contribution >= 4 is 10.0 Å². The van der Waals surface area contributed by atoms with E-state index in [1.807, 2.05) is 0 Å². The van der Waals surface area contributed by atoms with Crippen molar-refractivity contribution in [2.75, 3.05) is 26.5 Å². The van der Waals surface area contributed by atoms with Gasteiger partial charge in [0.05, 0.1) is 12.4 Å². The molecule has 1 rings (SSSR count). The predicted molar refractivity (Wildman–Crippen MR) is 63.7 cm³/mol. The minimum absolute atomic E-state index is 0.0581. The van der Waals surface area contributed by atoms with E-state index >= 15 is 0 Å². The quantitative estimate of drug-likeness (QED) is 0.754. The summed E-state index contributed by atoms with van der Waals surface area (Å²) in [4.78, 5) is 0. The van der Waals surface area contributed by atoms with Gasteiger partial charge in [0.2, 0.25) is 10.0 Å². The van der Waals surface area contributed by atoms with E-state index in [9.17, 15) is 8.42 Å². The Morgan fingerprint density at radius 2 is 1.88 bits per heavy atom. The highest BCUT2D eigenvalue weighted by molar-refractivity contribution is 7.89. The van der Waals surface area contributed by atoms with Gasteiger partial charge in [0.25, 0.3) is 0 Å². The Morgan fingerprint density at radius 3 is 2.38 bits per heavy atom. The van der Waals surface area contributed by atoms with Crippen LogP contribution in [0.5, 0.6) is 0 Å². The number of nitrogens with zero attached hydrogens (tertiary/aromatic N) is 1. The zero-order chi connectivity index (χ0) is 12.2. The minimum Gasteiger partial charge on any atom is -0.384 e. The van der Waals surface area contributed by atoms with Gasteiger partial charge < -0.3 is 10.5 Å². The molecule has 0 bridgehead atoms. The summed E-state index contributed by atoms with van der Waals surface area (Å²) in [5.41, 5.74) is 5.80. The second kappa shape index (κ2) is 5.95. The number of rotatable bonds is 5. The summed E-state index contributed by atoms with van der Waals surface area (Å²) in [5.74, 6) is 0.0581. The normalized spacial score (nSPS) is 27.2. The van der Waals surface area contributed by atoms with E-state index in [2.05, 4.69) is 0 Å². The highest BCUT2D eigenvalue weighted by Crippen LogP contribution is 2.23. The number of sulfonamides is 1. The molecule has 0 radical (unpaired) electrons. The molecular weight excluding hydrogens is 228 g/mol. The Bertz CT molecular complexity index is 297. The first-order valence-corrected chi connectivity index (χ1v) is 7.28. The lowest BCUT2D eigenvalue weighted by atomic mass is 9.92. The fraction of sp³-hybridized carbons (Fsp3) is 1.00. The SMILES string of the molecule is COCCS(=O)(=O)N(C)C1CCC(N)CC1. The lowest BCUT2D eigenvalue weighted by Gasteiger charge is -2.32. The number of nitrogens with two attached hydrogens (primary N) is 1. The molecule has 0 spiro atoms. The maximum Gasteiger partial charge on any atom is 0.216 e. The number of hydrogen-bond acceptors (Lipinski definition) is 4. The Morgan fingerprint density at radius 1 is 1.31 bits per heavy atom. The van der Waals surface area contributed by atoms with Crippen LogP contribution in [-0.4, -0.2) is 51.3 Å². The molecule has 1 aliphatic carbocycles. The van der Waals surface area contributed by atoms with Gasteiger partial charge in [-0.3, -0.25) is 0 Å². The van der Waals surface area contributed by atoms with Gasteiger partial charge >= 0.3 is 0 Å². The van der Waals surface area contributed by atoms with Gasteiger partial charge in [-0.05, 0) is 25.7 Å². The van der Waals surface area contributed by atoms with Gasteiger partial charge in [0.1, 0.15) is 0 Å². The largest absolute Gasteiger partial charge is 0.384 e. The van der Waals surface area contributed by atoms with E-state index < -0.39 is 10.0 Å². The molecule has 0 saturated heterocycles. The fourth-order valence-corrected chi connectivity index (χ4v) is 3.36. The third kappa shape index (κ3) is 3.69. The van der Waals surface area contributed by atoms with Gasteiger partial charge in [0.15, 0.2) is 0 Å². The average Bonchev–Trinajstić information content (AvgIpc) is 2.26.